The number of anilines is 1. The molecule has 4 heteroatoms. The van der Waals surface area contributed by atoms with Gasteiger partial charge in [0.05, 0.1) is 16.8 Å². The van der Waals surface area contributed by atoms with Gasteiger partial charge in [0, 0.05) is 0 Å². The van der Waals surface area contributed by atoms with Crippen LogP contribution in [-0.4, -0.2) is 12.1 Å². The second-order valence-corrected chi connectivity index (χ2v) is 3.99. The van der Waals surface area contributed by atoms with Crippen LogP contribution in [0.1, 0.15) is 19.8 Å². The summed E-state index contributed by atoms with van der Waals surface area (Å²) in [4.78, 5) is 11.6. The molecule has 0 aliphatic rings. The Hall–Kier alpha value is -1.66. The van der Waals surface area contributed by atoms with Gasteiger partial charge in [-0.1, -0.05) is 43.0 Å². The van der Waals surface area contributed by atoms with Crippen LogP contribution in [0.15, 0.2) is 24.3 Å². The van der Waals surface area contributed by atoms with Crippen molar-refractivity contribution in [2.75, 3.05) is 5.32 Å². The molecule has 1 aromatic rings. The van der Waals surface area contributed by atoms with Crippen molar-refractivity contribution in [3.8, 4) is 12.3 Å². The Bertz CT molecular complexity index is 426. The Kier molecular flexibility index (Phi) is 5.38. The number of carbonyl (C=O) groups excluding carboxylic acids is 1. The lowest BCUT2D eigenvalue weighted by molar-refractivity contribution is 0.250. The standard InChI is InChI=1S/C13H15ClN2O/c1-3-7-10(4-2)15-13(17)16-12-9-6-5-8-11(12)14/h2,5-6,8-10H,3,7H2,1H3,(H2,15,16,17). The summed E-state index contributed by atoms with van der Waals surface area (Å²) in [5.41, 5.74) is 0.568. The van der Waals surface area contributed by atoms with E-state index in [0.717, 1.165) is 12.8 Å². The molecule has 0 spiro atoms. The van der Waals surface area contributed by atoms with Gasteiger partial charge in [-0.05, 0) is 18.6 Å². The van der Waals surface area contributed by atoms with Gasteiger partial charge in [0.1, 0.15) is 0 Å². The Labute approximate surface area is 107 Å². The van der Waals surface area contributed by atoms with Crippen molar-refractivity contribution in [3.05, 3.63) is 29.3 Å². The fraction of sp³-hybridized carbons (Fsp3) is 0.308. The number of halogens is 1. The predicted molar refractivity (Wildman–Crippen MR) is 71.1 cm³/mol. The van der Waals surface area contributed by atoms with Gasteiger partial charge >= 0.3 is 6.03 Å². The van der Waals surface area contributed by atoms with E-state index in [9.17, 15) is 4.79 Å². The molecule has 1 rings (SSSR count). The monoisotopic (exact) mass is 250 g/mol. The summed E-state index contributed by atoms with van der Waals surface area (Å²) in [6.07, 6.45) is 6.99. The molecule has 1 unspecified atom stereocenters. The summed E-state index contributed by atoms with van der Waals surface area (Å²) in [5, 5.41) is 5.85. The number of carbonyl (C=O) groups is 1. The van der Waals surface area contributed by atoms with Crippen molar-refractivity contribution in [1.82, 2.24) is 5.32 Å². The van der Waals surface area contributed by atoms with Crippen LogP contribution in [0, 0.1) is 12.3 Å². The van der Waals surface area contributed by atoms with E-state index in [2.05, 4.69) is 16.6 Å². The second kappa shape index (κ2) is 6.82. The number of nitrogens with one attached hydrogen (secondary N) is 2. The zero-order valence-electron chi connectivity index (χ0n) is 9.66. The van der Waals surface area contributed by atoms with Gasteiger partial charge < -0.3 is 10.6 Å². The molecule has 2 N–H and O–H groups in total. The molecule has 17 heavy (non-hydrogen) atoms. The average Bonchev–Trinajstić information content (AvgIpc) is 2.31. The van der Waals surface area contributed by atoms with Crippen LogP contribution >= 0.6 is 11.6 Å². The topological polar surface area (TPSA) is 41.1 Å². The fourth-order valence-corrected chi connectivity index (χ4v) is 1.55. The number of hydrogen-bond acceptors (Lipinski definition) is 1. The van der Waals surface area contributed by atoms with Crippen LogP contribution in [0.4, 0.5) is 10.5 Å². The van der Waals surface area contributed by atoms with Crippen LogP contribution in [-0.2, 0) is 0 Å². The largest absolute Gasteiger partial charge is 0.324 e. The highest BCUT2D eigenvalue weighted by Gasteiger charge is 2.09. The molecule has 0 saturated heterocycles. The lowest BCUT2D eigenvalue weighted by Gasteiger charge is -2.13. The second-order valence-electron chi connectivity index (χ2n) is 3.59. The minimum atomic E-state index is -0.338. The maximum atomic E-state index is 11.6. The molecule has 0 fully saturated rings. The normalized spacial score (nSPS) is 11.4. The Balaban J connectivity index is 2.56. The van der Waals surface area contributed by atoms with Gasteiger partial charge in [-0.25, -0.2) is 4.79 Å². The van der Waals surface area contributed by atoms with E-state index in [1.807, 2.05) is 6.92 Å². The summed E-state index contributed by atoms with van der Waals surface area (Å²) in [5.74, 6) is 2.53. The van der Waals surface area contributed by atoms with Gasteiger partial charge in [0.25, 0.3) is 0 Å². The zero-order valence-corrected chi connectivity index (χ0v) is 10.4. The molecule has 0 heterocycles. The third kappa shape index (κ3) is 4.38. The van der Waals surface area contributed by atoms with Crippen molar-refractivity contribution in [2.45, 2.75) is 25.8 Å². The Morgan fingerprint density at radius 2 is 2.24 bits per heavy atom. The van der Waals surface area contributed by atoms with Crippen molar-refractivity contribution in [3.63, 3.8) is 0 Å². The number of hydrogen-bond donors (Lipinski definition) is 2. The number of terminal acetylenes is 1. The highest BCUT2D eigenvalue weighted by atomic mass is 35.5. The Morgan fingerprint density at radius 1 is 1.53 bits per heavy atom. The first-order chi connectivity index (χ1) is 8.17. The molecular formula is C13H15ClN2O. The fourth-order valence-electron chi connectivity index (χ4n) is 1.37. The number of rotatable bonds is 4. The van der Waals surface area contributed by atoms with E-state index in [1.165, 1.54) is 0 Å². The van der Waals surface area contributed by atoms with Crippen LogP contribution < -0.4 is 10.6 Å². The number of benzene rings is 1. The molecule has 1 aromatic carbocycles. The van der Waals surface area contributed by atoms with Gasteiger partial charge in [0.2, 0.25) is 0 Å². The first-order valence-electron chi connectivity index (χ1n) is 5.45. The molecule has 0 radical (unpaired) electrons. The summed E-state index contributed by atoms with van der Waals surface area (Å²) < 4.78 is 0. The quantitative estimate of drug-likeness (QED) is 0.792. The zero-order chi connectivity index (χ0) is 12.7. The molecule has 90 valence electrons. The van der Waals surface area contributed by atoms with Crippen molar-refractivity contribution < 1.29 is 4.79 Å². The molecule has 0 aliphatic carbocycles. The smallest absolute Gasteiger partial charge is 0.320 e. The number of amides is 2. The minimum absolute atomic E-state index is 0.248. The molecule has 0 aromatic heterocycles. The van der Waals surface area contributed by atoms with Crippen molar-refractivity contribution in [2.24, 2.45) is 0 Å². The van der Waals surface area contributed by atoms with Crippen LogP contribution in [0.5, 0.6) is 0 Å². The first-order valence-corrected chi connectivity index (χ1v) is 5.83. The van der Waals surface area contributed by atoms with Crippen LogP contribution in [0.3, 0.4) is 0 Å². The predicted octanol–water partition coefficient (Wildman–Crippen LogP) is 3.26. The van der Waals surface area contributed by atoms with Crippen molar-refractivity contribution >= 4 is 23.3 Å². The molecule has 0 saturated carbocycles. The maximum Gasteiger partial charge on any atom is 0.320 e. The number of urea groups is 1. The lowest BCUT2D eigenvalue weighted by atomic mass is 10.2. The molecule has 0 bridgehead atoms. The molecule has 2 amide bonds. The van der Waals surface area contributed by atoms with E-state index < -0.39 is 0 Å². The minimum Gasteiger partial charge on any atom is -0.324 e. The van der Waals surface area contributed by atoms with Crippen LogP contribution in [0.25, 0.3) is 0 Å². The third-order valence-corrected chi connectivity index (χ3v) is 2.54. The van der Waals surface area contributed by atoms with E-state index in [-0.39, 0.29) is 12.1 Å². The SMILES string of the molecule is C#CC(CCC)NC(=O)Nc1ccccc1Cl. The van der Waals surface area contributed by atoms with Gasteiger partial charge in [-0.3, -0.25) is 0 Å². The van der Waals surface area contributed by atoms with Gasteiger partial charge in [-0.15, -0.1) is 6.42 Å². The highest BCUT2D eigenvalue weighted by molar-refractivity contribution is 6.33. The number of para-hydroxylation sites is 1. The van der Waals surface area contributed by atoms with Gasteiger partial charge in [-0.2, -0.15) is 0 Å². The first kappa shape index (κ1) is 13.4. The third-order valence-electron chi connectivity index (χ3n) is 2.21. The van der Waals surface area contributed by atoms with Gasteiger partial charge in [0.15, 0.2) is 0 Å². The van der Waals surface area contributed by atoms with E-state index in [4.69, 9.17) is 18.0 Å². The van der Waals surface area contributed by atoms with Crippen molar-refractivity contribution in [1.29, 1.82) is 0 Å². The average molecular weight is 251 g/mol. The van der Waals surface area contributed by atoms with E-state index in [0.29, 0.717) is 10.7 Å². The van der Waals surface area contributed by atoms with E-state index >= 15 is 0 Å². The summed E-state index contributed by atoms with van der Waals surface area (Å²) in [6, 6.07) is 6.45. The molecule has 0 aliphatic heterocycles. The maximum absolute atomic E-state index is 11.6. The summed E-state index contributed by atoms with van der Waals surface area (Å²) in [7, 11) is 0. The van der Waals surface area contributed by atoms with E-state index in [1.54, 1.807) is 24.3 Å². The highest BCUT2D eigenvalue weighted by Crippen LogP contribution is 2.20. The van der Waals surface area contributed by atoms with Crippen LogP contribution in [0.2, 0.25) is 5.02 Å². The Morgan fingerprint density at radius 3 is 2.82 bits per heavy atom. The summed E-state index contributed by atoms with van der Waals surface area (Å²) in [6.45, 7) is 2.01. The summed E-state index contributed by atoms with van der Waals surface area (Å²) >= 11 is 5.92. The molecule has 3 nitrogen and oxygen atoms in total. The molecule has 1 atom stereocenters. The lowest BCUT2D eigenvalue weighted by Crippen LogP contribution is -2.37. The molecular weight excluding hydrogens is 236 g/mol.